The molecule has 3 aliphatic heterocycles. The zero-order valence-electron chi connectivity index (χ0n) is 16.8. The Morgan fingerprint density at radius 1 is 1.18 bits per heavy atom. The lowest BCUT2D eigenvalue weighted by Gasteiger charge is -2.40. The van der Waals surface area contributed by atoms with Crippen LogP contribution in [0.5, 0.6) is 0 Å². The maximum atomic E-state index is 12.9. The van der Waals surface area contributed by atoms with Crippen molar-refractivity contribution in [2.45, 2.75) is 44.2 Å². The van der Waals surface area contributed by atoms with Crippen LogP contribution >= 0.6 is 0 Å². The molecule has 3 saturated heterocycles. The second kappa shape index (κ2) is 8.35. The minimum atomic E-state index is -0.667. The van der Waals surface area contributed by atoms with Crippen molar-refractivity contribution in [3.05, 3.63) is 23.9 Å². The average Bonchev–Trinajstić information content (AvgIpc) is 2.73. The molecule has 1 aromatic rings. The number of anilines is 1. The summed E-state index contributed by atoms with van der Waals surface area (Å²) in [5, 5.41) is 10.3. The third kappa shape index (κ3) is 4.47. The molecular weight excluding hydrogens is 356 g/mol. The number of carbonyl (C=O) groups excluding carboxylic acids is 1. The SMILES string of the molecule is C[C@]1(O)CCCN(c2ccc(C(=O)N3CCC(N4CCOCC4)CC3)cn2)C1. The van der Waals surface area contributed by atoms with E-state index in [-0.39, 0.29) is 5.91 Å². The van der Waals surface area contributed by atoms with Crippen molar-refractivity contribution in [1.82, 2.24) is 14.8 Å². The standard InChI is InChI=1S/C21H32N4O3/c1-21(27)7-2-8-25(16-21)19-4-3-17(15-22-19)20(26)24-9-5-18(6-10-24)23-11-13-28-14-12-23/h3-4,15,18,27H,2,5-14,16H2,1H3/t21-/m0/s1. The summed E-state index contributed by atoms with van der Waals surface area (Å²) >= 11 is 0. The summed E-state index contributed by atoms with van der Waals surface area (Å²) in [6.07, 6.45) is 5.52. The second-order valence-electron chi connectivity index (χ2n) is 8.60. The molecule has 3 aliphatic rings. The molecular formula is C21H32N4O3. The number of hydrogen-bond acceptors (Lipinski definition) is 6. The van der Waals surface area contributed by atoms with Crippen LogP contribution in [0.3, 0.4) is 0 Å². The topological polar surface area (TPSA) is 69.1 Å². The maximum absolute atomic E-state index is 12.9. The molecule has 1 amide bonds. The Hall–Kier alpha value is -1.70. The number of hydrogen-bond donors (Lipinski definition) is 1. The van der Waals surface area contributed by atoms with Gasteiger partial charge < -0.3 is 19.6 Å². The number of piperidine rings is 2. The molecule has 3 fully saturated rings. The predicted octanol–water partition coefficient (Wildman–Crippen LogP) is 1.37. The Labute approximate surface area is 167 Å². The second-order valence-corrected chi connectivity index (χ2v) is 8.60. The van der Waals surface area contributed by atoms with E-state index in [0.29, 0.717) is 18.2 Å². The molecule has 0 unspecified atom stereocenters. The molecule has 154 valence electrons. The number of ether oxygens (including phenoxy) is 1. The number of likely N-dealkylation sites (tertiary alicyclic amines) is 1. The quantitative estimate of drug-likeness (QED) is 0.844. The van der Waals surface area contributed by atoms with Gasteiger partial charge in [0.15, 0.2) is 0 Å². The van der Waals surface area contributed by atoms with Crippen molar-refractivity contribution in [3.63, 3.8) is 0 Å². The summed E-state index contributed by atoms with van der Waals surface area (Å²) in [5.74, 6) is 0.910. The number of nitrogens with zero attached hydrogens (tertiary/aromatic N) is 4. The number of morpholine rings is 1. The van der Waals surface area contributed by atoms with Crippen molar-refractivity contribution in [1.29, 1.82) is 0 Å². The van der Waals surface area contributed by atoms with Gasteiger partial charge in [0.25, 0.3) is 5.91 Å². The summed E-state index contributed by atoms with van der Waals surface area (Å²) in [7, 11) is 0. The monoisotopic (exact) mass is 388 g/mol. The van der Waals surface area contributed by atoms with Gasteiger partial charge in [-0.3, -0.25) is 9.69 Å². The minimum Gasteiger partial charge on any atom is -0.388 e. The predicted molar refractivity (Wildman–Crippen MR) is 108 cm³/mol. The first kappa shape index (κ1) is 19.6. The van der Waals surface area contributed by atoms with Crippen molar-refractivity contribution in [2.24, 2.45) is 0 Å². The highest BCUT2D eigenvalue weighted by Crippen LogP contribution is 2.25. The fraction of sp³-hybridized carbons (Fsp3) is 0.714. The lowest BCUT2D eigenvalue weighted by molar-refractivity contribution is 0.00158. The van der Waals surface area contributed by atoms with E-state index in [1.807, 2.05) is 24.0 Å². The first-order valence-electron chi connectivity index (χ1n) is 10.6. The van der Waals surface area contributed by atoms with E-state index in [1.54, 1.807) is 6.20 Å². The Morgan fingerprint density at radius 3 is 2.57 bits per heavy atom. The molecule has 0 saturated carbocycles. The molecule has 4 rings (SSSR count). The van der Waals surface area contributed by atoms with Crippen molar-refractivity contribution in [3.8, 4) is 0 Å². The van der Waals surface area contributed by atoms with Gasteiger partial charge in [0.05, 0.1) is 24.4 Å². The largest absolute Gasteiger partial charge is 0.388 e. The van der Waals surface area contributed by atoms with Crippen molar-refractivity contribution >= 4 is 11.7 Å². The molecule has 1 atom stereocenters. The number of carbonyl (C=O) groups is 1. The van der Waals surface area contributed by atoms with Crippen LogP contribution in [0.2, 0.25) is 0 Å². The molecule has 0 aromatic carbocycles. The molecule has 0 radical (unpaired) electrons. The summed E-state index contributed by atoms with van der Waals surface area (Å²) in [4.78, 5) is 24.0. The van der Waals surface area contributed by atoms with E-state index >= 15 is 0 Å². The molecule has 1 aromatic heterocycles. The van der Waals surface area contributed by atoms with E-state index in [4.69, 9.17) is 4.74 Å². The van der Waals surface area contributed by atoms with Crippen molar-refractivity contribution < 1.29 is 14.6 Å². The van der Waals surface area contributed by atoms with Gasteiger partial charge >= 0.3 is 0 Å². The molecule has 7 nitrogen and oxygen atoms in total. The molecule has 28 heavy (non-hydrogen) atoms. The average molecular weight is 389 g/mol. The lowest BCUT2D eigenvalue weighted by atomic mass is 9.95. The van der Waals surface area contributed by atoms with Crippen LogP contribution in [0.4, 0.5) is 5.82 Å². The number of pyridine rings is 1. The molecule has 7 heteroatoms. The third-order valence-electron chi connectivity index (χ3n) is 6.31. The highest BCUT2D eigenvalue weighted by Gasteiger charge is 2.30. The van der Waals surface area contributed by atoms with E-state index in [2.05, 4.69) is 14.8 Å². The number of aromatic nitrogens is 1. The van der Waals surface area contributed by atoms with Crippen LogP contribution in [0, 0.1) is 0 Å². The number of β-amino-alcohol motifs (C(OH)–C–C–N with tert-alkyl or cyclic N) is 1. The first-order chi connectivity index (χ1) is 13.5. The van der Waals surface area contributed by atoms with Crippen LogP contribution in [-0.2, 0) is 4.74 Å². The van der Waals surface area contributed by atoms with Crippen LogP contribution in [0.1, 0.15) is 43.0 Å². The normalized spacial score (nSPS) is 27.8. The molecule has 1 N–H and O–H groups in total. The minimum absolute atomic E-state index is 0.0742. The van der Waals surface area contributed by atoms with Gasteiger partial charge in [-0.05, 0) is 44.7 Å². The third-order valence-corrected chi connectivity index (χ3v) is 6.31. The smallest absolute Gasteiger partial charge is 0.255 e. The Morgan fingerprint density at radius 2 is 1.93 bits per heavy atom. The van der Waals surface area contributed by atoms with Gasteiger partial charge in [0.1, 0.15) is 5.82 Å². The van der Waals surface area contributed by atoms with Crippen LogP contribution in [0.25, 0.3) is 0 Å². The summed E-state index contributed by atoms with van der Waals surface area (Å²) in [6, 6.07) is 4.36. The van der Waals surface area contributed by atoms with Gasteiger partial charge in [0, 0.05) is 51.5 Å². The number of rotatable bonds is 3. The van der Waals surface area contributed by atoms with Gasteiger partial charge in [-0.1, -0.05) is 0 Å². The van der Waals surface area contributed by atoms with Crippen LogP contribution in [-0.4, -0.2) is 89.9 Å². The highest BCUT2D eigenvalue weighted by atomic mass is 16.5. The van der Waals surface area contributed by atoms with Gasteiger partial charge in [-0.2, -0.15) is 0 Å². The molecule has 0 bridgehead atoms. The van der Waals surface area contributed by atoms with Crippen molar-refractivity contribution in [2.75, 3.05) is 57.4 Å². The fourth-order valence-corrected chi connectivity index (χ4v) is 4.67. The van der Waals surface area contributed by atoms with E-state index in [0.717, 1.165) is 77.4 Å². The molecule has 4 heterocycles. The van der Waals surface area contributed by atoms with Crippen LogP contribution < -0.4 is 4.90 Å². The summed E-state index contributed by atoms with van der Waals surface area (Å²) in [5.41, 5.74) is -0.0171. The Balaban J connectivity index is 1.32. The van der Waals surface area contributed by atoms with E-state index in [9.17, 15) is 9.90 Å². The van der Waals surface area contributed by atoms with Gasteiger partial charge in [-0.15, -0.1) is 0 Å². The van der Waals surface area contributed by atoms with E-state index in [1.165, 1.54) is 0 Å². The lowest BCUT2D eigenvalue weighted by Crippen LogP contribution is -2.50. The highest BCUT2D eigenvalue weighted by molar-refractivity contribution is 5.94. The molecule has 0 spiro atoms. The van der Waals surface area contributed by atoms with Crippen LogP contribution in [0.15, 0.2) is 18.3 Å². The fourth-order valence-electron chi connectivity index (χ4n) is 4.67. The summed E-state index contributed by atoms with van der Waals surface area (Å²) < 4.78 is 5.44. The Bertz CT molecular complexity index is 665. The van der Waals surface area contributed by atoms with E-state index < -0.39 is 5.60 Å². The molecule has 0 aliphatic carbocycles. The number of amides is 1. The zero-order valence-corrected chi connectivity index (χ0v) is 16.8. The number of aliphatic hydroxyl groups is 1. The van der Waals surface area contributed by atoms with Gasteiger partial charge in [0.2, 0.25) is 0 Å². The van der Waals surface area contributed by atoms with Gasteiger partial charge in [-0.25, -0.2) is 4.98 Å². The maximum Gasteiger partial charge on any atom is 0.255 e. The Kier molecular flexibility index (Phi) is 5.85. The first-order valence-corrected chi connectivity index (χ1v) is 10.6. The summed E-state index contributed by atoms with van der Waals surface area (Å²) in [6.45, 7) is 8.62. The zero-order chi connectivity index (χ0) is 19.6.